The number of benzene rings is 2. The fourth-order valence-electron chi connectivity index (χ4n) is 2.91. The highest BCUT2D eigenvalue weighted by Crippen LogP contribution is 2.38. The largest absolute Gasteiger partial charge is 0.491 e. The number of allylic oxidation sites excluding steroid dienone is 3. The predicted octanol–water partition coefficient (Wildman–Crippen LogP) is 7.54. The van der Waals surface area contributed by atoms with E-state index in [2.05, 4.69) is 6.58 Å². The molecule has 2 aromatic rings. The van der Waals surface area contributed by atoms with Gasteiger partial charge in [-0.25, -0.2) is 4.39 Å². The summed E-state index contributed by atoms with van der Waals surface area (Å²) in [5.41, 5.74) is 3.77. The van der Waals surface area contributed by atoms with E-state index in [-0.39, 0.29) is 5.82 Å². The maximum atomic E-state index is 13.9. The SMILES string of the molecule is C=C(C=C(C)OC(C)c1c(Cl)ccc(F)c1C)c1ccc(COP(C)(C)=O)cc1. The minimum Gasteiger partial charge on any atom is -0.491 e. The van der Waals surface area contributed by atoms with Crippen molar-refractivity contribution in [3.8, 4) is 0 Å². The van der Waals surface area contributed by atoms with Crippen LogP contribution >= 0.6 is 19.0 Å². The Morgan fingerprint density at radius 3 is 2.45 bits per heavy atom. The van der Waals surface area contributed by atoms with Gasteiger partial charge in [-0.1, -0.05) is 42.4 Å². The Kier molecular flexibility index (Phi) is 7.87. The molecule has 2 rings (SSSR count). The first-order valence-electron chi connectivity index (χ1n) is 9.25. The number of rotatable bonds is 8. The molecule has 0 spiro atoms. The van der Waals surface area contributed by atoms with Crippen molar-refractivity contribution in [3.63, 3.8) is 0 Å². The van der Waals surface area contributed by atoms with Crippen molar-refractivity contribution < 1.29 is 18.2 Å². The second kappa shape index (κ2) is 9.75. The van der Waals surface area contributed by atoms with E-state index in [1.54, 1.807) is 20.3 Å². The van der Waals surface area contributed by atoms with Crippen LogP contribution in [0.5, 0.6) is 0 Å². The van der Waals surface area contributed by atoms with Gasteiger partial charge in [0, 0.05) is 23.9 Å². The highest BCUT2D eigenvalue weighted by Gasteiger charge is 2.17. The van der Waals surface area contributed by atoms with E-state index in [4.69, 9.17) is 20.9 Å². The summed E-state index contributed by atoms with van der Waals surface area (Å²) in [6.07, 6.45) is 1.43. The summed E-state index contributed by atoms with van der Waals surface area (Å²) in [7, 11) is -2.51. The molecule has 29 heavy (non-hydrogen) atoms. The van der Waals surface area contributed by atoms with Gasteiger partial charge in [0.05, 0.1) is 12.4 Å². The molecule has 6 heteroatoms. The van der Waals surface area contributed by atoms with E-state index in [1.165, 1.54) is 12.1 Å². The fraction of sp³-hybridized carbons (Fsp3) is 0.304. The molecule has 0 aliphatic carbocycles. The van der Waals surface area contributed by atoms with Gasteiger partial charge in [-0.3, -0.25) is 4.57 Å². The summed E-state index contributed by atoms with van der Waals surface area (Å²) in [6, 6.07) is 10.6. The van der Waals surface area contributed by atoms with Gasteiger partial charge in [0.25, 0.3) is 0 Å². The van der Waals surface area contributed by atoms with Gasteiger partial charge in [-0.15, -0.1) is 0 Å². The molecule has 3 nitrogen and oxygen atoms in total. The topological polar surface area (TPSA) is 35.5 Å². The molecule has 0 saturated heterocycles. The maximum Gasteiger partial charge on any atom is 0.197 e. The number of ether oxygens (including phenoxy) is 1. The summed E-state index contributed by atoms with van der Waals surface area (Å²) in [5.74, 6) is 0.338. The van der Waals surface area contributed by atoms with Crippen LogP contribution in [0.4, 0.5) is 4.39 Å². The van der Waals surface area contributed by atoms with Crippen molar-refractivity contribution in [2.24, 2.45) is 0 Å². The minimum absolute atomic E-state index is 0.306. The van der Waals surface area contributed by atoms with E-state index in [0.29, 0.717) is 28.5 Å². The molecule has 1 atom stereocenters. The summed E-state index contributed by atoms with van der Waals surface area (Å²) < 4.78 is 36.8. The zero-order valence-corrected chi connectivity index (χ0v) is 19.1. The Bertz CT molecular complexity index is 961. The lowest BCUT2D eigenvalue weighted by atomic mass is 10.0. The minimum atomic E-state index is -2.51. The molecule has 0 heterocycles. The third-order valence-corrected chi connectivity index (χ3v) is 5.49. The fourth-order valence-corrected chi connectivity index (χ4v) is 3.73. The van der Waals surface area contributed by atoms with Crippen molar-refractivity contribution in [2.75, 3.05) is 13.3 Å². The molecule has 0 bridgehead atoms. The zero-order chi connectivity index (χ0) is 21.8. The number of hydrogen-bond donors (Lipinski definition) is 0. The lowest BCUT2D eigenvalue weighted by molar-refractivity contribution is 0.134. The van der Waals surface area contributed by atoms with Crippen LogP contribution in [0.15, 0.2) is 54.8 Å². The van der Waals surface area contributed by atoms with Gasteiger partial charge in [-0.2, -0.15) is 0 Å². The zero-order valence-electron chi connectivity index (χ0n) is 17.5. The third kappa shape index (κ3) is 6.85. The number of hydrogen-bond acceptors (Lipinski definition) is 3. The van der Waals surface area contributed by atoms with Crippen LogP contribution in [0.3, 0.4) is 0 Å². The first-order valence-corrected chi connectivity index (χ1v) is 12.1. The molecule has 0 amide bonds. The van der Waals surface area contributed by atoms with Gasteiger partial charge in [0.15, 0.2) is 7.37 Å². The quantitative estimate of drug-likeness (QED) is 0.243. The van der Waals surface area contributed by atoms with Gasteiger partial charge >= 0.3 is 0 Å². The molecule has 0 N–H and O–H groups in total. The van der Waals surface area contributed by atoms with Crippen LogP contribution in [0.1, 0.15) is 42.2 Å². The second-order valence-electron chi connectivity index (χ2n) is 7.33. The van der Waals surface area contributed by atoms with Crippen molar-refractivity contribution >= 4 is 24.5 Å². The van der Waals surface area contributed by atoms with Crippen LogP contribution < -0.4 is 0 Å². The molecule has 0 radical (unpaired) electrons. The molecule has 156 valence electrons. The average molecular weight is 437 g/mol. The first kappa shape index (κ1) is 23.4. The van der Waals surface area contributed by atoms with Crippen LogP contribution in [0.2, 0.25) is 5.02 Å². The predicted molar refractivity (Wildman–Crippen MR) is 119 cm³/mol. The Hall–Kier alpha value is -1.87. The van der Waals surface area contributed by atoms with E-state index >= 15 is 0 Å². The summed E-state index contributed by atoms with van der Waals surface area (Å²) >= 11 is 6.24. The van der Waals surface area contributed by atoms with Gasteiger partial charge in [0.1, 0.15) is 11.9 Å². The van der Waals surface area contributed by atoms with E-state index in [9.17, 15) is 8.96 Å². The molecule has 0 fully saturated rings. The smallest absolute Gasteiger partial charge is 0.197 e. The highest BCUT2D eigenvalue weighted by molar-refractivity contribution is 7.57. The molecule has 1 unspecified atom stereocenters. The first-order chi connectivity index (χ1) is 13.5. The van der Waals surface area contributed by atoms with Crippen LogP contribution in [0, 0.1) is 12.7 Å². The Balaban J connectivity index is 2.07. The van der Waals surface area contributed by atoms with Crippen molar-refractivity contribution in [1.82, 2.24) is 0 Å². The number of halogens is 2. The molecule has 0 aliphatic rings. The summed E-state index contributed by atoms with van der Waals surface area (Å²) in [4.78, 5) is 0. The molecule has 0 saturated carbocycles. The Morgan fingerprint density at radius 2 is 1.86 bits per heavy atom. The van der Waals surface area contributed by atoms with Gasteiger partial charge in [0.2, 0.25) is 0 Å². The Labute approximate surface area is 177 Å². The van der Waals surface area contributed by atoms with Crippen LogP contribution in [0.25, 0.3) is 5.57 Å². The molecule has 0 aliphatic heterocycles. The Morgan fingerprint density at radius 1 is 1.24 bits per heavy atom. The second-order valence-corrected chi connectivity index (χ2v) is 10.5. The molecular formula is C23H27ClFO3P. The van der Waals surface area contributed by atoms with Crippen molar-refractivity contribution in [2.45, 2.75) is 33.5 Å². The van der Waals surface area contributed by atoms with Crippen LogP contribution in [-0.2, 0) is 20.4 Å². The third-order valence-electron chi connectivity index (χ3n) is 4.41. The van der Waals surface area contributed by atoms with Gasteiger partial charge < -0.3 is 9.26 Å². The summed E-state index contributed by atoms with van der Waals surface area (Å²) in [6.45, 7) is 12.9. The molecular weight excluding hydrogens is 410 g/mol. The van der Waals surface area contributed by atoms with Gasteiger partial charge in [-0.05, 0) is 61.2 Å². The highest BCUT2D eigenvalue weighted by atomic mass is 35.5. The monoisotopic (exact) mass is 436 g/mol. The molecule has 0 aromatic heterocycles. The molecule has 2 aromatic carbocycles. The van der Waals surface area contributed by atoms with E-state index < -0.39 is 13.5 Å². The van der Waals surface area contributed by atoms with E-state index in [1.807, 2.05) is 44.2 Å². The van der Waals surface area contributed by atoms with E-state index in [0.717, 1.165) is 16.7 Å². The summed E-state index contributed by atoms with van der Waals surface area (Å²) in [5, 5.41) is 0.476. The standard InChI is InChI=1S/C23H27ClFO3P/c1-15(20-9-7-19(8-10-20)14-27-29(5,6)26)13-16(2)28-18(4)23-17(3)22(25)12-11-21(23)24/h7-13,18H,1,14H2,2-6H3. The maximum absolute atomic E-state index is 13.9. The van der Waals surface area contributed by atoms with Crippen molar-refractivity contribution in [3.05, 3.63) is 87.9 Å². The van der Waals surface area contributed by atoms with Crippen LogP contribution in [-0.4, -0.2) is 13.3 Å². The van der Waals surface area contributed by atoms with Crippen molar-refractivity contribution in [1.29, 1.82) is 0 Å². The lowest BCUT2D eigenvalue weighted by Crippen LogP contribution is -2.04. The average Bonchev–Trinajstić information content (AvgIpc) is 2.63. The normalized spacial score (nSPS) is 13.3. The lowest BCUT2D eigenvalue weighted by Gasteiger charge is -2.19.